The second-order valence-electron chi connectivity index (χ2n) is 33.6. The Labute approximate surface area is 741 Å². The van der Waals surface area contributed by atoms with E-state index in [1.54, 1.807) is 99.5 Å². The van der Waals surface area contributed by atoms with Crippen LogP contribution in [0.2, 0.25) is 0 Å². The number of rotatable bonds is 30. The van der Waals surface area contributed by atoms with Crippen LogP contribution in [-0.2, 0) is 49.0 Å². The molecule has 4 atom stereocenters. The van der Waals surface area contributed by atoms with Gasteiger partial charge in [0.05, 0.1) is 133 Å². The summed E-state index contributed by atoms with van der Waals surface area (Å²) in [6, 6.07) is 33.8. The molecule has 12 aromatic heterocycles. The van der Waals surface area contributed by atoms with E-state index in [0.717, 1.165) is 135 Å². The van der Waals surface area contributed by atoms with Crippen LogP contribution in [0.3, 0.4) is 0 Å². The van der Waals surface area contributed by atoms with Gasteiger partial charge in [-0.1, -0.05) is 118 Å². The molecule has 129 heavy (non-hydrogen) atoms. The summed E-state index contributed by atoms with van der Waals surface area (Å²) in [5.74, 6) is 8.28. The molecular weight excluding hydrogens is 1640 g/mol. The quantitative estimate of drug-likeness (QED) is 0.0228. The van der Waals surface area contributed by atoms with Gasteiger partial charge in [0.25, 0.3) is 23.6 Å². The van der Waals surface area contributed by atoms with Crippen LogP contribution in [0.15, 0.2) is 214 Å². The van der Waals surface area contributed by atoms with E-state index < -0.39 is 0 Å². The molecule has 0 bridgehead atoms. The molecule has 37 nitrogen and oxygen atoms in total. The van der Waals surface area contributed by atoms with Crippen molar-refractivity contribution in [1.82, 2.24) is 120 Å². The fourth-order valence-corrected chi connectivity index (χ4v) is 16.3. The van der Waals surface area contributed by atoms with E-state index in [0.29, 0.717) is 140 Å². The van der Waals surface area contributed by atoms with Crippen LogP contribution < -0.4 is 34.0 Å². The van der Waals surface area contributed by atoms with Crippen LogP contribution in [0, 0.1) is 23.7 Å². The minimum atomic E-state index is -0.368. The SMILES string of the molecule is CC(c1ccc(-c2cnc(N)nc2)cc1)(c1noc(-c2cnn(C3COC3)c2)n1)C1CC1.COCCNc1cnc(-c2nc(C(C)(c3ccc(-c4cnc(N)nc4)cc3)C3CC3)no2)cn1.COCCn1cc(-c2nc([C@@](C)(c3ccc(-c4cnc(N)cn4)cc3)C3CC3)no2)cn1.C[C@@](c1ccc(-c2cnc(N)nc2)cc1)(c1noc(-c2cnn(CCN)c2)n1)C1CC1. The Hall–Kier alpha value is -14.7. The van der Waals surface area contributed by atoms with E-state index >= 15 is 0 Å². The van der Waals surface area contributed by atoms with Crippen molar-refractivity contribution in [2.45, 2.75) is 120 Å². The monoisotopic (exact) mass is 1730 g/mol. The Morgan fingerprint density at radius 2 is 0.729 bits per heavy atom. The highest BCUT2D eigenvalue weighted by atomic mass is 16.5. The minimum Gasteiger partial charge on any atom is -0.383 e. The smallest absolute Gasteiger partial charge is 0.278 e. The van der Waals surface area contributed by atoms with Crippen molar-refractivity contribution < 1.29 is 32.3 Å². The molecule has 16 aromatic rings. The second kappa shape index (κ2) is 36.7. The summed E-state index contributed by atoms with van der Waals surface area (Å²) in [7, 11) is 3.32. The van der Waals surface area contributed by atoms with Crippen molar-refractivity contribution in [3.8, 4) is 90.6 Å². The van der Waals surface area contributed by atoms with Gasteiger partial charge in [-0.15, -0.1) is 0 Å². The largest absolute Gasteiger partial charge is 0.383 e. The number of hydrogen-bond donors (Lipinski definition) is 6. The molecule has 658 valence electrons. The third kappa shape index (κ3) is 18.4. The molecule has 11 N–H and O–H groups in total. The number of nitrogens with two attached hydrogens (primary N) is 5. The van der Waals surface area contributed by atoms with Gasteiger partial charge < -0.3 is 66.3 Å². The Morgan fingerprint density at radius 1 is 0.364 bits per heavy atom. The first-order valence-electron chi connectivity index (χ1n) is 42.9. The Bertz CT molecular complexity index is 6410. The lowest BCUT2D eigenvalue weighted by atomic mass is 9.76. The summed E-state index contributed by atoms with van der Waals surface area (Å²) >= 11 is 0. The van der Waals surface area contributed by atoms with Gasteiger partial charge in [0.2, 0.25) is 17.8 Å². The molecule has 2 unspecified atom stereocenters. The molecular formula is C92H98N30O7. The predicted octanol–water partition coefficient (Wildman–Crippen LogP) is 12.6. The molecule has 5 fully saturated rings. The molecule has 37 heteroatoms. The number of aromatic nitrogens is 24. The normalized spacial score (nSPS) is 16.1. The van der Waals surface area contributed by atoms with Gasteiger partial charge in [-0.3, -0.25) is 19.0 Å². The maximum Gasteiger partial charge on any atom is 0.278 e. The lowest BCUT2D eigenvalue weighted by Crippen LogP contribution is -2.30. The average molecular weight is 1740 g/mol. The molecule has 4 saturated carbocycles. The number of nitrogen functional groups attached to an aromatic ring is 4. The highest BCUT2D eigenvalue weighted by Gasteiger charge is 2.51. The van der Waals surface area contributed by atoms with Crippen LogP contribution in [0.25, 0.3) is 90.6 Å². The maximum absolute atomic E-state index is 5.67. The van der Waals surface area contributed by atoms with Crippen molar-refractivity contribution in [2.75, 3.05) is 82.0 Å². The highest BCUT2D eigenvalue weighted by molar-refractivity contribution is 5.67. The molecule has 13 heterocycles. The van der Waals surface area contributed by atoms with Crippen molar-refractivity contribution in [1.29, 1.82) is 0 Å². The minimum absolute atomic E-state index is 0.260. The van der Waals surface area contributed by atoms with Gasteiger partial charge in [0.1, 0.15) is 17.3 Å². The van der Waals surface area contributed by atoms with E-state index in [2.05, 4.69) is 216 Å². The number of ether oxygens (including phenoxy) is 3. The molecule has 1 saturated heterocycles. The fourth-order valence-electron chi connectivity index (χ4n) is 16.3. The maximum atomic E-state index is 5.67. The number of methoxy groups -OCH3 is 2. The van der Waals surface area contributed by atoms with E-state index in [1.807, 2.05) is 28.0 Å². The lowest BCUT2D eigenvalue weighted by molar-refractivity contribution is -0.0286. The third-order valence-corrected chi connectivity index (χ3v) is 25.0. The van der Waals surface area contributed by atoms with E-state index in [1.165, 1.54) is 0 Å². The number of benzene rings is 4. The summed E-state index contributed by atoms with van der Waals surface area (Å²) in [6.45, 7) is 13.8. The number of hydrogen-bond acceptors (Lipinski definition) is 34. The first-order chi connectivity index (χ1) is 62.8. The van der Waals surface area contributed by atoms with E-state index in [-0.39, 0.29) is 45.5 Å². The Kier molecular flexibility index (Phi) is 24.2. The highest BCUT2D eigenvalue weighted by Crippen LogP contribution is 2.55. The molecule has 4 aliphatic carbocycles. The zero-order valence-electron chi connectivity index (χ0n) is 72.2. The van der Waals surface area contributed by atoms with Crippen molar-refractivity contribution in [2.24, 2.45) is 29.4 Å². The van der Waals surface area contributed by atoms with Crippen LogP contribution in [0.5, 0.6) is 0 Å². The first-order valence-corrected chi connectivity index (χ1v) is 42.9. The second-order valence-corrected chi connectivity index (χ2v) is 33.6. The summed E-state index contributed by atoms with van der Waals surface area (Å²) in [4.78, 5) is 60.8. The van der Waals surface area contributed by atoms with Crippen molar-refractivity contribution in [3.05, 3.63) is 242 Å². The number of anilines is 5. The van der Waals surface area contributed by atoms with Gasteiger partial charge in [-0.2, -0.15) is 35.2 Å². The number of nitrogens with one attached hydrogen (secondary N) is 1. The molecule has 21 rings (SSSR count). The van der Waals surface area contributed by atoms with Crippen LogP contribution in [-0.4, -0.2) is 173 Å². The predicted molar refractivity (Wildman–Crippen MR) is 477 cm³/mol. The van der Waals surface area contributed by atoms with E-state index in [9.17, 15) is 0 Å². The Balaban J connectivity index is 0.000000116. The van der Waals surface area contributed by atoms with Gasteiger partial charge in [0.15, 0.2) is 23.3 Å². The Morgan fingerprint density at radius 3 is 1.09 bits per heavy atom. The summed E-state index contributed by atoms with van der Waals surface area (Å²) in [5.41, 5.74) is 41.9. The average Bonchev–Trinajstić information content (AvgIpc) is 1.60. The van der Waals surface area contributed by atoms with Gasteiger partial charge in [-0.05, 0) is 142 Å². The zero-order valence-corrected chi connectivity index (χ0v) is 72.2. The van der Waals surface area contributed by atoms with Crippen LogP contribution >= 0.6 is 0 Å². The van der Waals surface area contributed by atoms with Gasteiger partial charge in [0, 0.05) is 105 Å². The van der Waals surface area contributed by atoms with Crippen molar-refractivity contribution in [3.63, 3.8) is 0 Å². The summed E-state index contributed by atoms with van der Waals surface area (Å²) in [5, 5.41) is 33.7. The molecule has 0 amide bonds. The molecule has 5 aliphatic rings. The molecule has 1 aliphatic heterocycles. The molecule has 4 aromatic carbocycles. The summed E-state index contributed by atoms with van der Waals surface area (Å²) in [6.07, 6.45) is 37.0. The topological polar surface area (TPSA) is 508 Å². The number of nitrogens with zero attached hydrogens (tertiary/aromatic N) is 24. The first kappa shape index (κ1) is 85.1. The lowest BCUT2D eigenvalue weighted by Gasteiger charge is -2.27. The van der Waals surface area contributed by atoms with Crippen LogP contribution in [0.1, 0.15) is 131 Å². The van der Waals surface area contributed by atoms with Gasteiger partial charge >= 0.3 is 0 Å². The zero-order chi connectivity index (χ0) is 88.8. The fraction of sp³-hybridized carbons (Fsp3) is 0.337. The standard InChI is InChI=1S/C24H26N8O2.C23H23N7O2.C23H25N7O2.C22H24N8O/c1-24(18-7-8-18,17-5-3-15(4-6-17)16-11-29-23(25)30-12-16)22-31-21(34-32-22)19-13-28-20(14-27-19)26-9-10-33-2;1-23(18-6-7-18,17-4-2-14(3-5-17)15-8-25-22(24)26-9-15)21-28-20(32-29-21)16-10-27-30(11-16)19-12-31-13-19;1-23(18-7-8-18,17-5-3-15(4-6-17)19-12-26-20(24)13-25-19)22-28-21(32-29-22)16-11-27-30(14-16)9-10-31-2;1-22(18-6-7-18,17-4-2-14(3-5-17)15-10-25-21(24)26-11-15)20-28-19(31-29-20)16-12-27-30(13-16)9-8-23/h3-6,11-14,18H,7-10H2,1-2H3,(H,26,28)(H2,25,29,30);2-5,8-11,18-19H,6-7,12-13H2,1H3,(H2,24,25,26);3-6,11-14,18H,7-10H2,1-2H3,(H2,24,26);2-5,10-13,18H,6-9,23H2,1H3,(H2,24,25,26)/t;;23-;22-/m..00/s1. The molecule has 0 spiro atoms. The van der Waals surface area contributed by atoms with Gasteiger partial charge in [-0.25, -0.2) is 44.9 Å². The van der Waals surface area contributed by atoms with E-state index in [4.69, 9.17) is 80.9 Å². The third-order valence-electron chi connectivity index (χ3n) is 25.0. The molecule has 0 radical (unpaired) electrons. The summed E-state index contributed by atoms with van der Waals surface area (Å²) < 4.78 is 43.4. The van der Waals surface area contributed by atoms with Crippen molar-refractivity contribution >= 4 is 29.5 Å². The van der Waals surface area contributed by atoms with Crippen LogP contribution in [0.4, 0.5) is 29.5 Å².